The minimum atomic E-state index is -0.767. The van der Waals surface area contributed by atoms with Gasteiger partial charge >= 0.3 is 6.09 Å². The number of carbonyl (C=O) groups is 2. The first-order valence-electron chi connectivity index (χ1n) is 9.64. The van der Waals surface area contributed by atoms with Gasteiger partial charge in [0.05, 0.1) is 6.61 Å². The first-order chi connectivity index (χ1) is 14.0. The van der Waals surface area contributed by atoms with Crippen molar-refractivity contribution in [2.24, 2.45) is 5.73 Å². The summed E-state index contributed by atoms with van der Waals surface area (Å²) in [5, 5.41) is 3.08. The summed E-state index contributed by atoms with van der Waals surface area (Å²) in [5.41, 5.74) is 7.33. The van der Waals surface area contributed by atoms with Crippen LogP contribution in [0.2, 0.25) is 0 Å². The van der Waals surface area contributed by atoms with E-state index in [2.05, 4.69) is 15.3 Å². The molecule has 1 aromatic carbocycles. The third-order valence-corrected chi connectivity index (χ3v) is 4.68. The van der Waals surface area contributed by atoms with Crippen molar-refractivity contribution in [2.75, 3.05) is 48.4 Å². The molecule has 0 atom stereocenters. The van der Waals surface area contributed by atoms with E-state index in [0.29, 0.717) is 43.4 Å². The van der Waals surface area contributed by atoms with Gasteiger partial charge in [-0.2, -0.15) is 4.98 Å². The molecule has 2 heterocycles. The molecule has 2 amide bonds. The van der Waals surface area contributed by atoms with Gasteiger partial charge < -0.3 is 25.6 Å². The molecule has 0 aliphatic carbocycles. The zero-order valence-corrected chi connectivity index (χ0v) is 16.7. The number of likely N-dealkylation sites (N-methyl/N-ethyl adjacent to an activating group) is 1. The zero-order valence-electron chi connectivity index (χ0n) is 16.7. The smallest absolute Gasteiger partial charge is 0.404 e. The molecular formula is C20H26N6O3. The predicted octanol–water partition coefficient (Wildman–Crippen LogP) is 2.03. The van der Waals surface area contributed by atoms with Crippen LogP contribution >= 0.6 is 0 Å². The van der Waals surface area contributed by atoms with E-state index in [1.54, 1.807) is 11.1 Å². The molecule has 29 heavy (non-hydrogen) atoms. The Morgan fingerprint density at radius 3 is 2.93 bits per heavy atom. The van der Waals surface area contributed by atoms with Crippen LogP contribution in [0.3, 0.4) is 0 Å². The van der Waals surface area contributed by atoms with Gasteiger partial charge in [-0.25, -0.2) is 9.78 Å². The van der Waals surface area contributed by atoms with Crippen molar-refractivity contribution in [2.45, 2.75) is 19.8 Å². The molecular weight excluding hydrogens is 372 g/mol. The fourth-order valence-electron chi connectivity index (χ4n) is 3.24. The van der Waals surface area contributed by atoms with Crippen LogP contribution in [0.4, 0.5) is 22.2 Å². The van der Waals surface area contributed by atoms with Crippen LogP contribution in [0, 0.1) is 0 Å². The van der Waals surface area contributed by atoms with Gasteiger partial charge in [-0.3, -0.25) is 4.79 Å². The Morgan fingerprint density at radius 2 is 2.17 bits per heavy atom. The van der Waals surface area contributed by atoms with E-state index in [-0.39, 0.29) is 12.5 Å². The van der Waals surface area contributed by atoms with Crippen LogP contribution in [0.25, 0.3) is 0 Å². The summed E-state index contributed by atoms with van der Waals surface area (Å²) in [6.45, 7) is 4.14. The van der Waals surface area contributed by atoms with E-state index >= 15 is 0 Å². The van der Waals surface area contributed by atoms with Gasteiger partial charge in [-0.05, 0) is 37.5 Å². The monoisotopic (exact) mass is 398 g/mol. The van der Waals surface area contributed by atoms with Crippen LogP contribution in [0.1, 0.15) is 29.3 Å². The molecule has 0 bridgehead atoms. The number of nitrogens with one attached hydrogen (secondary N) is 1. The van der Waals surface area contributed by atoms with Crippen molar-refractivity contribution in [3.8, 4) is 0 Å². The van der Waals surface area contributed by atoms with E-state index in [4.69, 9.17) is 10.5 Å². The van der Waals surface area contributed by atoms with Gasteiger partial charge in [0.15, 0.2) is 0 Å². The van der Waals surface area contributed by atoms with Gasteiger partial charge in [-0.15, -0.1) is 0 Å². The van der Waals surface area contributed by atoms with Gasteiger partial charge in [0.1, 0.15) is 11.4 Å². The number of aryl methyl sites for hydroxylation is 1. The normalized spacial score (nSPS) is 13.7. The lowest BCUT2D eigenvalue weighted by Gasteiger charge is -2.21. The standard InChI is InChI=1S/C20H26N6O3/c1-3-22-20-23-13-16-17(24-20)25(2)9-10-26(18(16)27)15-8-4-6-14(12-15)7-5-11-29-19(21)28/h4,6,8,12-13H,3,5,7,9-11H2,1-2H3,(H2,21,28)(H,22,23,24). The zero-order chi connectivity index (χ0) is 20.8. The second-order valence-electron chi connectivity index (χ2n) is 6.78. The highest BCUT2D eigenvalue weighted by molar-refractivity contribution is 6.09. The van der Waals surface area contributed by atoms with Crippen LogP contribution in [0.5, 0.6) is 0 Å². The second-order valence-corrected chi connectivity index (χ2v) is 6.78. The number of benzene rings is 1. The summed E-state index contributed by atoms with van der Waals surface area (Å²) < 4.78 is 4.77. The third kappa shape index (κ3) is 4.92. The van der Waals surface area contributed by atoms with E-state index in [1.165, 1.54) is 0 Å². The van der Waals surface area contributed by atoms with Crippen molar-refractivity contribution in [3.63, 3.8) is 0 Å². The highest BCUT2D eigenvalue weighted by Crippen LogP contribution is 2.27. The van der Waals surface area contributed by atoms with Gasteiger partial charge in [0.2, 0.25) is 5.95 Å². The molecule has 3 N–H and O–H groups in total. The largest absolute Gasteiger partial charge is 0.450 e. The Kier molecular flexibility index (Phi) is 6.48. The van der Waals surface area contributed by atoms with Crippen molar-refractivity contribution >= 4 is 29.5 Å². The summed E-state index contributed by atoms with van der Waals surface area (Å²) in [7, 11) is 1.92. The van der Waals surface area contributed by atoms with Crippen molar-refractivity contribution in [1.29, 1.82) is 0 Å². The number of rotatable bonds is 7. The maximum Gasteiger partial charge on any atom is 0.404 e. The number of nitrogens with zero attached hydrogens (tertiary/aromatic N) is 4. The Balaban J connectivity index is 1.80. The first kappa shape index (κ1) is 20.4. The summed E-state index contributed by atoms with van der Waals surface area (Å²) in [6.07, 6.45) is 2.20. The number of nitrogens with two attached hydrogens (primary N) is 1. The molecule has 0 saturated heterocycles. The number of carbonyl (C=O) groups excluding carboxylic acids is 2. The summed E-state index contributed by atoms with van der Waals surface area (Å²) >= 11 is 0. The molecule has 1 aliphatic rings. The third-order valence-electron chi connectivity index (χ3n) is 4.68. The molecule has 3 rings (SSSR count). The van der Waals surface area contributed by atoms with Crippen LogP contribution in [-0.4, -0.2) is 55.3 Å². The van der Waals surface area contributed by atoms with Gasteiger partial charge in [-0.1, -0.05) is 12.1 Å². The van der Waals surface area contributed by atoms with E-state index in [1.807, 2.05) is 43.1 Å². The van der Waals surface area contributed by atoms with Gasteiger partial charge in [0.25, 0.3) is 5.91 Å². The summed E-state index contributed by atoms with van der Waals surface area (Å²) in [6, 6.07) is 7.82. The number of hydrogen-bond acceptors (Lipinski definition) is 7. The fourth-order valence-corrected chi connectivity index (χ4v) is 3.24. The number of hydrogen-bond donors (Lipinski definition) is 2. The van der Waals surface area contributed by atoms with E-state index in [9.17, 15) is 9.59 Å². The highest BCUT2D eigenvalue weighted by atomic mass is 16.5. The minimum absolute atomic E-state index is 0.124. The lowest BCUT2D eigenvalue weighted by Crippen LogP contribution is -2.33. The Hall–Kier alpha value is -3.36. The maximum atomic E-state index is 13.2. The van der Waals surface area contributed by atoms with Crippen molar-refractivity contribution < 1.29 is 14.3 Å². The number of ether oxygens (including phenoxy) is 1. The van der Waals surface area contributed by atoms with Crippen molar-refractivity contribution in [3.05, 3.63) is 41.6 Å². The Labute approximate surface area is 169 Å². The Morgan fingerprint density at radius 1 is 1.34 bits per heavy atom. The average Bonchev–Trinajstić information content (AvgIpc) is 2.83. The highest BCUT2D eigenvalue weighted by Gasteiger charge is 2.28. The number of anilines is 3. The van der Waals surface area contributed by atoms with Crippen molar-refractivity contribution in [1.82, 2.24) is 9.97 Å². The van der Waals surface area contributed by atoms with E-state index in [0.717, 1.165) is 17.7 Å². The summed E-state index contributed by atoms with van der Waals surface area (Å²) in [4.78, 5) is 36.4. The van der Waals surface area contributed by atoms with Gasteiger partial charge in [0, 0.05) is 38.6 Å². The predicted molar refractivity (Wildman–Crippen MR) is 111 cm³/mol. The molecule has 1 aromatic heterocycles. The SMILES string of the molecule is CCNc1ncc2c(n1)N(C)CCN(c1cccc(CCCOC(N)=O)c1)C2=O. The molecule has 2 aromatic rings. The Bertz CT molecular complexity index is 888. The second kappa shape index (κ2) is 9.22. The topological polar surface area (TPSA) is 114 Å². The average molecular weight is 398 g/mol. The lowest BCUT2D eigenvalue weighted by molar-refractivity contribution is 0.0989. The summed E-state index contributed by atoms with van der Waals surface area (Å²) in [5.74, 6) is 1.02. The molecule has 0 unspecified atom stereocenters. The minimum Gasteiger partial charge on any atom is -0.450 e. The number of fused-ring (bicyclic) bond motifs is 1. The van der Waals surface area contributed by atoms with Crippen LogP contribution in [-0.2, 0) is 11.2 Å². The van der Waals surface area contributed by atoms with Crippen LogP contribution < -0.4 is 20.9 Å². The molecule has 9 heteroatoms. The lowest BCUT2D eigenvalue weighted by atomic mass is 10.1. The maximum absolute atomic E-state index is 13.2. The molecule has 1 aliphatic heterocycles. The quantitative estimate of drug-likeness (QED) is 0.686. The molecule has 154 valence electrons. The number of amides is 2. The number of aromatic nitrogens is 2. The first-order valence-corrected chi connectivity index (χ1v) is 9.64. The molecule has 0 radical (unpaired) electrons. The fraction of sp³-hybridized carbons (Fsp3) is 0.400. The van der Waals surface area contributed by atoms with E-state index < -0.39 is 6.09 Å². The number of primary amides is 1. The molecule has 0 saturated carbocycles. The molecule has 0 spiro atoms. The molecule has 9 nitrogen and oxygen atoms in total. The van der Waals surface area contributed by atoms with Crippen LogP contribution in [0.15, 0.2) is 30.5 Å². The molecule has 0 fully saturated rings.